The number of benzene rings is 2. The van der Waals surface area contributed by atoms with Crippen LogP contribution in [-0.2, 0) is 22.8 Å². The Labute approximate surface area is 166 Å². The van der Waals surface area contributed by atoms with Crippen LogP contribution in [0.2, 0.25) is 0 Å². The van der Waals surface area contributed by atoms with Gasteiger partial charge in [0.2, 0.25) is 5.88 Å². The Hall–Kier alpha value is -3.20. The van der Waals surface area contributed by atoms with Crippen molar-refractivity contribution >= 4 is 0 Å². The van der Waals surface area contributed by atoms with E-state index in [9.17, 15) is 14.7 Å². The number of aromatic nitrogens is 2. The summed E-state index contributed by atoms with van der Waals surface area (Å²) < 4.78 is 12.9. The molecule has 8 heteroatoms. The fourth-order valence-corrected chi connectivity index (χ4v) is 2.82. The van der Waals surface area contributed by atoms with Crippen LogP contribution in [0.5, 0.6) is 5.88 Å². The maximum Gasteiger partial charge on any atom is 0.338 e. The number of nitrogens with zero attached hydrogens (tertiary/aromatic N) is 2. The van der Waals surface area contributed by atoms with Gasteiger partial charge in [-0.2, -0.15) is 0 Å². The molecule has 0 amide bonds. The molecule has 0 fully saturated rings. The first-order chi connectivity index (χ1) is 14.1. The number of hydrogen-bond donors (Lipinski definition) is 2. The molecule has 0 saturated carbocycles. The van der Waals surface area contributed by atoms with Gasteiger partial charge in [-0.3, -0.25) is 4.79 Å². The van der Waals surface area contributed by atoms with Crippen LogP contribution >= 0.6 is 0 Å². The van der Waals surface area contributed by atoms with Crippen molar-refractivity contribution < 1.29 is 19.7 Å². The second-order valence-electron chi connectivity index (χ2n) is 6.24. The predicted molar refractivity (Wildman–Crippen MR) is 105 cm³/mol. The molecule has 0 bridgehead atoms. The molecule has 1 unspecified atom stereocenters. The molecule has 29 heavy (non-hydrogen) atoms. The van der Waals surface area contributed by atoms with E-state index in [0.717, 1.165) is 20.8 Å². The van der Waals surface area contributed by atoms with E-state index in [1.807, 2.05) is 36.4 Å². The first kappa shape index (κ1) is 20.5. The van der Waals surface area contributed by atoms with E-state index in [-0.39, 0.29) is 26.6 Å². The highest BCUT2D eigenvalue weighted by Gasteiger charge is 2.21. The van der Waals surface area contributed by atoms with E-state index in [1.54, 1.807) is 24.3 Å². The maximum absolute atomic E-state index is 13.0. The summed E-state index contributed by atoms with van der Waals surface area (Å²) in [5, 5.41) is 18.9. The molecule has 0 aliphatic carbocycles. The van der Waals surface area contributed by atoms with Gasteiger partial charge in [0.25, 0.3) is 5.56 Å². The lowest BCUT2D eigenvalue weighted by molar-refractivity contribution is 0.00722. The van der Waals surface area contributed by atoms with Crippen molar-refractivity contribution in [3.63, 3.8) is 0 Å². The van der Waals surface area contributed by atoms with Gasteiger partial charge in [-0.25, -0.2) is 13.9 Å². The topological polar surface area (TPSA) is 103 Å². The Balaban J connectivity index is 2.02. The van der Waals surface area contributed by atoms with Gasteiger partial charge in [-0.1, -0.05) is 60.7 Å². The lowest BCUT2D eigenvalue weighted by Gasteiger charge is -2.21. The minimum Gasteiger partial charge on any atom is -0.494 e. The smallest absolute Gasteiger partial charge is 0.338 e. The van der Waals surface area contributed by atoms with Crippen molar-refractivity contribution in [1.82, 2.24) is 9.13 Å². The lowest BCUT2D eigenvalue weighted by Crippen LogP contribution is -2.43. The number of aliphatic hydroxyl groups is 1. The Morgan fingerprint density at radius 1 is 0.966 bits per heavy atom. The van der Waals surface area contributed by atoms with E-state index >= 15 is 0 Å². The van der Waals surface area contributed by atoms with Gasteiger partial charge in [-0.15, -0.1) is 0 Å². The normalized spacial score (nSPS) is 12.0. The molecule has 0 aliphatic heterocycles. The van der Waals surface area contributed by atoms with Crippen LogP contribution in [0.1, 0.15) is 17.4 Å². The molecule has 152 valence electrons. The molecule has 8 nitrogen and oxygen atoms in total. The van der Waals surface area contributed by atoms with E-state index in [4.69, 9.17) is 14.6 Å². The average Bonchev–Trinajstić information content (AvgIpc) is 2.74. The summed E-state index contributed by atoms with van der Waals surface area (Å²) in [5.74, 6) is -0.524. The average molecular weight is 398 g/mol. The number of aliphatic hydroxyl groups excluding tert-OH is 1. The monoisotopic (exact) mass is 398 g/mol. The highest BCUT2D eigenvalue weighted by atomic mass is 16.5. The van der Waals surface area contributed by atoms with E-state index in [1.165, 1.54) is 0 Å². The fourth-order valence-electron chi connectivity index (χ4n) is 2.82. The molecule has 1 atom stereocenters. The standard InChI is InChI=1S/C21H22N2O6/c24-11-12-28-15-22-18(25)13-19(26)23(21(22)27)20(17-9-5-2-6-10-17)29-14-16-7-3-1-4-8-16/h1-10,13,20,24-25H,11-12,14-15H2. The third-order valence-electron chi connectivity index (χ3n) is 4.23. The van der Waals surface area contributed by atoms with Gasteiger partial charge >= 0.3 is 5.69 Å². The van der Waals surface area contributed by atoms with E-state index < -0.39 is 23.4 Å². The number of aromatic hydroxyl groups is 1. The van der Waals surface area contributed by atoms with Crippen LogP contribution in [0.15, 0.2) is 76.3 Å². The van der Waals surface area contributed by atoms with Crippen molar-refractivity contribution in [2.75, 3.05) is 13.2 Å². The van der Waals surface area contributed by atoms with Gasteiger partial charge in [-0.05, 0) is 5.56 Å². The van der Waals surface area contributed by atoms with Gasteiger partial charge in [0.1, 0.15) is 6.73 Å². The first-order valence-corrected chi connectivity index (χ1v) is 9.06. The summed E-state index contributed by atoms with van der Waals surface area (Å²) in [6, 6.07) is 19.2. The Kier molecular flexibility index (Phi) is 6.96. The van der Waals surface area contributed by atoms with Crippen LogP contribution in [0.25, 0.3) is 0 Å². The third kappa shape index (κ3) is 5.00. The van der Waals surface area contributed by atoms with Gasteiger partial charge in [0.15, 0.2) is 6.23 Å². The van der Waals surface area contributed by atoms with Crippen LogP contribution in [0.4, 0.5) is 0 Å². The zero-order chi connectivity index (χ0) is 20.6. The molecule has 1 heterocycles. The summed E-state index contributed by atoms with van der Waals surface area (Å²) in [6.07, 6.45) is -0.999. The van der Waals surface area contributed by atoms with Gasteiger partial charge in [0, 0.05) is 5.56 Å². The Morgan fingerprint density at radius 3 is 2.28 bits per heavy atom. The fraction of sp³-hybridized carbons (Fsp3) is 0.238. The minimum atomic E-state index is -0.999. The summed E-state index contributed by atoms with van der Waals surface area (Å²) in [5.41, 5.74) is 0.00527. The van der Waals surface area contributed by atoms with Crippen LogP contribution in [0.3, 0.4) is 0 Å². The summed E-state index contributed by atoms with van der Waals surface area (Å²) in [7, 11) is 0. The highest BCUT2D eigenvalue weighted by Crippen LogP contribution is 2.19. The molecular weight excluding hydrogens is 376 g/mol. The number of rotatable bonds is 9. The van der Waals surface area contributed by atoms with Crippen molar-refractivity contribution in [3.05, 3.63) is 98.7 Å². The molecule has 0 saturated heterocycles. The van der Waals surface area contributed by atoms with Crippen molar-refractivity contribution in [1.29, 1.82) is 0 Å². The molecular formula is C21H22N2O6. The van der Waals surface area contributed by atoms with Crippen LogP contribution in [0, 0.1) is 0 Å². The largest absolute Gasteiger partial charge is 0.494 e. The third-order valence-corrected chi connectivity index (χ3v) is 4.23. The van der Waals surface area contributed by atoms with Gasteiger partial charge in [0.05, 0.1) is 25.9 Å². The lowest BCUT2D eigenvalue weighted by atomic mass is 10.2. The zero-order valence-corrected chi connectivity index (χ0v) is 15.7. The van der Waals surface area contributed by atoms with E-state index in [2.05, 4.69) is 0 Å². The molecule has 0 radical (unpaired) electrons. The minimum absolute atomic E-state index is 0.0162. The Morgan fingerprint density at radius 2 is 1.62 bits per heavy atom. The quantitative estimate of drug-likeness (QED) is 0.529. The first-order valence-electron chi connectivity index (χ1n) is 9.06. The predicted octanol–water partition coefficient (Wildman–Crippen LogP) is 1.45. The second-order valence-corrected chi connectivity index (χ2v) is 6.24. The molecule has 0 spiro atoms. The SMILES string of the molecule is O=c1cc(O)n(COCCO)c(=O)n1C(OCc1ccccc1)c1ccccc1. The summed E-state index contributed by atoms with van der Waals surface area (Å²) in [6.45, 7) is -0.389. The van der Waals surface area contributed by atoms with Gasteiger partial charge < -0.3 is 19.7 Å². The van der Waals surface area contributed by atoms with Crippen molar-refractivity contribution in [2.45, 2.75) is 19.6 Å². The molecule has 2 N–H and O–H groups in total. The molecule has 1 aromatic heterocycles. The maximum atomic E-state index is 13.0. The highest BCUT2D eigenvalue weighted by molar-refractivity contribution is 5.20. The molecule has 3 rings (SSSR count). The van der Waals surface area contributed by atoms with E-state index in [0.29, 0.717) is 5.56 Å². The molecule has 3 aromatic rings. The zero-order valence-electron chi connectivity index (χ0n) is 15.7. The van der Waals surface area contributed by atoms with Crippen LogP contribution < -0.4 is 11.2 Å². The summed E-state index contributed by atoms with van der Waals surface area (Å²) >= 11 is 0. The summed E-state index contributed by atoms with van der Waals surface area (Å²) in [4.78, 5) is 25.6. The molecule has 2 aromatic carbocycles. The Bertz CT molecular complexity index is 1030. The molecule has 0 aliphatic rings. The van der Waals surface area contributed by atoms with Crippen molar-refractivity contribution in [3.8, 4) is 5.88 Å². The number of hydrogen-bond acceptors (Lipinski definition) is 6. The number of ether oxygens (including phenoxy) is 2. The second kappa shape index (κ2) is 9.83. The van der Waals surface area contributed by atoms with Crippen LogP contribution in [-0.4, -0.2) is 32.6 Å². The van der Waals surface area contributed by atoms with Crippen molar-refractivity contribution in [2.24, 2.45) is 0 Å².